The molecule has 0 bridgehead atoms. The highest BCUT2D eigenvalue weighted by Gasteiger charge is 2.11. The van der Waals surface area contributed by atoms with Crippen LogP contribution in [0.15, 0.2) is 23.1 Å². The van der Waals surface area contributed by atoms with Crippen molar-refractivity contribution in [2.45, 2.75) is 6.54 Å². The molecule has 2 N–H and O–H groups in total. The van der Waals surface area contributed by atoms with Gasteiger partial charge in [-0.25, -0.2) is 15.0 Å². The molecule has 0 aliphatic carbocycles. The van der Waals surface area contributed by atoms with Gasteiger partial charge in [0.05, 0.1) is 6.54 Å². The van der Waals surface area contributed by atoms with Crippen molar-refractivity contribution < 1.29 is 0 Å². The summed E-state index contributed by atoms with van der Waals surface area (Å²) in [6.45, 7) is 0.456. The van der Waals surface area contributed by atoms with Gasteiger partial charge in [0.25, 0.3) is 0 Å². The van der Waals surface area contributed by atoms with Crippen LogP contribution in [-0.4, -0.2) is 29.3 Å². The summed E-state index contributed by atoms with van der Waals surface area (Å²) < 4.78 is 4.31. The Hall–Kier alpha value is -1.96. The summed E-state index contributed by atoms with van der Waals surface area (Å²) in [4.78, 5) is 12.7. The van der Waals surface area contributed by atoms with E-state index in [0.717, 1.165) is 15.6 Å². The van der Waals surface area contributed by atoms with Crippen LogP contribution in [0.3, 0.4) is 0 Å². The van der Waals surface area contributed by atoms with Gasteiger partial charge in [-0.1, -0.05) is 0 Å². The molecule has 0 saturated heterocycles. The van der Waals surface area contributed by atoms with Crippen LogP contribution in [0.4, 0.5) is 5.95 Å². The van der Waals surface area contributed by atoms with E-state index < -0.39 is 0 Å². The number of pyridine rings is 1. The second kappa shape index (κ2) is 4.05. The molecule has 0 saturated carbocycles. The van der Waals surface area contributed by atoms with Crippen LogP contribution in [0.25, 0.3) is 11.2 Å². The van der Waals surface area contributed by atoms with Crippen molar-refractivity contribution in [1.29, 1.82) is 0 Å². The number of rotatable bonds is 2. The fourth-order valence-corrected chi connectivity index (χ4v) is 2.08. The summed E-state index contributed by atoms with van der Waals surface area (Å²) in [7, 11) is 1.82. The standard InChI is InChI=1S/C10H10BrN7/c1-17-5-14-8(16-17)4-18-9-7(15-10(18)12)2-6(11)3-13-9/h2-3,5H,4H2,1H3,(H2,12,15). The third-order valence-electron chi connectivity index (χ3n) is 2.53. The fourth-order valence-electron chi connectivity index (χ4n) is 1.76. The zero-order valence-electron chi connectivity index (χ0n) is 9.58. The summed E-state index contributed by atoms with van der Waals surface area (Å²) in [5.74, 6) is 1.08. The summed E-state index contributed by atoms with van der Waals surface area (Å²) in [5, 5.41) is 4.22. The Kier molecular flexibility index (Phi) is 2.51. The number of fused-ring (bicyclic) bond motifs is 1. The van der Waals surface area contributed by atoms with E-state index in [4.69, 9.17) is 5.73 Å². The molecule has 18 heavy (non-hydrogen) atoms. The summed E-state index contributed by atoms with van der Waals surface area (Å²) >= 11 is 3.36. The van der Waals surface area contributed by atoms with E-state index in [9.17, 15) is 0 Å². The molecule has 0 aliphatic heterocycles. The lowest BCUT2D eigenvalue weighted by molar-refractivity contribution is 0.712. The van der Waals surface area contributed by atoms with Crippen molar-refractivity contribution in [2.75, 3.05) is 5.73 Å². The van der Waals surface area contributed by atoms with E-state index in [0.29, 0.717) is 18.3 Å². The molecular formula is C10H10BrN7. The number of imidazole rings is 1. The molecule has 0 spiro atoms. The van der Waals surface area contributed by atoms with Gasteiger partial charge in [0, 0.05) is 17.7 Å². The molecule has 0 atom stereocenters. The maximum Gasteiger partial charge on any atom is 0.202 e. The van der Waals surface area contributed by atoms with Gasteiger partial charge in [0.15, 0.2) is 11.5 Å². The zero-order valence-corrected chi connectivity index (χ0v) is 11.2. The van der Waals surface area contributed by atoms with E-state index >= 15 is 0 Å². The molecule has 3 heterocycles. The van der Waals surface area contributed by atoms with Gasteiger partial charge in [-0.15, -0.1) is 0 Å². The zero-order chi connectivity index (χ0) is 12.7. The predicted octanol–water partition coefficient (Wildman–Crippen LogP) is 0.953. The number of nitrogens with two attached hydrogens (primary N) is 1. The van der Waals surface area contributed by atoms with Crippen LogP contribution in [0.1, 0.15) is 5.82 Å². The maximum absolute atomic E-state index is 5.89. The number of aromatic nitrogens is 6. The molecule has 3 aromatic rings. The Balaban J connectivity index is 2.08. The SMILES string of the molecule is Cn1cnc(Cn2c(N)nc3cc(Br)cnc32)n1. The molecule has 0 amide bonds. The van der Waals surface area contributed by atoms with Crippen LogP contribution >= 0.6 is 15.9 Å². The van der Waals surface area contributed by atoms with Crippen molar-refractivity contribution >= 4 is 33.0 Å². The molecule has 0 radical (unpaired) electrons. The first-order chi connectivity index (χ1) is 8.63. The highest BCUT2D eigenvalue weighted by molar-refractivity contribution is 9.10. The number of nitrogen functional groups attached to an aromatic ring is 1. The first kappa shape index (κ1) is 11.1. The van der Waals surface area contributed by atoms with E-state index in [1.165, 1.54) is 0 Å². The molecule has 92 valence electrons. The third kappa shape index (κ3) is 1.84. The van der Waals surface area contributed by atoms with Crippen molar-refractivity contribution in [3.63, 3.8) is 0 Å². The van der Waals surface area contributed by atoms with Gasteiger partial charge in [0.2, 0.25) is 5.95 Å². The van der Waals surface area contributed by atoms with Crippen molar-refractivity contribution in [2.24, 2.45) is 7.05 Å². The van der Waals surface area contributed by atoms with Gasteiger partial charge in [-0.3, -0.25) is 9.25 Å². The number of halogens is 1. The van der Waals surface area contributed by atoms with Crippen molar-refractivity contribution in [3.8, 4) is 0 Å². The normalized spacial score (nSPS) is 11.2. The quantitative estimate of drug-likeness (QED) is 0.761. The first-order valence-corrected chi connectivity index (χ1v) is 6.04. The van der Waals surface area contributed by atoms with Gasteiger partial charge < -0.3 is 5.73 Å². The second-order valence-electron chi connectivity index (χ2n) is 3.89. The number of anilines is 1. The van der Waals surface area contributed by atoms with E-state index in [-0.39, 0.29) is 0 Å². The Morgan fingerprint density at radius 1 is 1.39 bits per heavy atom. The molecule has 3 rings (SSSR count). The van der Waals surface area contributed by atoms with E-state index in [1.807, 2.05) is 13.1 Å². The molecule has 0 fully saturated rings. The Bertz CT molecular complexity index is 714. The third-order valence-corrected chi connectivity index (χ3v) is 2.96. The molecule has 0 aliphatic rings. The fraction of sp³-hybridized carbons (Fsp3) is 0.200. The van der Waals surface area contributed by atoms with Crippen LogP contribution < -0.4 is 5.73 Å². The monoisotopic (exact) mass is 307 g/mol. The average molecular weight is 308 g/mol. The van der Waals surface area contributed by atoms with E-state index in [2.05, 4.69) is 36.0 Å². The smallest absolute Gasteiger partial charge is 0.202 e. The molecule has 8 heteroatoms. The van der Waals surface area contributed by atoms with E-state index in [1.54, 1.807) is 21.8 Å². The largest absolute Gasteiger partial charge is 0.369 e. The highest BCUT2D eigenvalue weighted by Crippen LogP contribution is 2.19. The minimum absolute atomic E-state index is 0.406. The molecule has 0 unspecified atom stereocenters. The van der Waals surface area contributed by atoms with Crippen LogP contribution in [0, 0.1) is 0 Å². The number of aryl methyl sites for hydroxylation is 1. The summed E-state index contributed by atoms with van der Waals surface area (Å²) in [6, 6.07) is 1.88. The van der Waals surface area contributed by atoms with Gasteiger partial charge in [0.1, 0.15) is 11.8 Å². The minimum Gasteiger partial charge on any atom is -0.369 e. The van der Waals surface area contributed by atoms with Crippen LogP contribution in [0.5, 0.6) is 0 Å². The first-order valence-electron chi connectivity index (χ1n) is 5.25. The average Bonchev–Trinajstić information content (AvgIpc) is 2.84. The molecule has 7 nitrogen and oxygen atoms in total. The maximum atomic E-state index is 5.89. The molecule has 0 aromatic carbocycles. The van der Waals surface area contributed by atoms with Crippen molar-refractivity contribution in [3.05, 3.63) is 28.9 Å². The Labute approximate surface area is 111 Å². The van der Waals surface area contributed by atoms with Gasteiger partial charge in [-0.05, 0) is 22.0 Å². The summed E-state index contributed by atoms with van der Waals surface area (Å²) in [5.41, 5.74) is 7.37. The molecular weight excluding hydrogens is 298 g/mol. The minimum atomic E-state index is 0.406. The number of nitrogens with zero attached hydrogens (tertiary/aromatic N) is 6. The van der Waals surface area contributed by atoms with Gasteiger partial charge in [-0.2, -0.15) is 5.10 Å². The topological polar surface area (TPSA) is 87.4 Å². The van der Waals surface area contributed by atoms with Gasteiger partial charge >= 0.3 is 0 Å². The molecule has 3 aromatic heterocycles. The van der Waals surface area contributed by atoms with Crippen molar-refractivity contribution in [1.82, 2.24) is 29.3 Å². The Morgan fingerprint density at radius 3 is 2.94 bits per heavy atom. The number of hydrogen-bond donors (Lipinski definition) is 1. The predicted molar refractivity (Wildman–Crippen MR) is 69.7 cm³/mol. The van der Waals surface area contributed by atoms with Crippen LogP contribution in [-0.2, 0) is 13.6 Å². The lowest BCUT2D eigenvalue weighted by Gasteiger charge is -2.01. The lowest BCUT2D eigenvalue weighted by Crippen LogP contribution is -2.07. The van der Waals surface area contributed by atoms with Crippen LogP contribution in [0.2, 0.25) is 0 Å². The summed E-state index contributed by atoms with van der Waals surface area (Å²) in [6.07, 6.45) is 3.36. The Morgan fingerprint density at radius 2 is 2.22 bits per heavy atom. The lowest BCUT2D eigenvalue weighted by atomic mass is 10.4. The number of hydrogen-bond acceptors (Lipinski definition) is 5. The highest BCUT2D eigenvalue weighted by atomic mass is 79.9. The second-order valence-corrected chi connectivity index (χ2v) is 4.80.